The SMILES string of the molecule is Cc1ccc(N2C(=O)CSC2c2ccc(NC(=O)c3cccc(Br)c3)cc2)cc1. The van der Waals surface area contributed by atoms with Gasteiger partial charge in [-0.15, -0.1) is 11.8 Å². The Hall–Kier alpha value is -2.57. The third-order valence-electron chi connectivity index (χ3n) is 4.72. The van der Waals surface area contributed by atoms with Gasteiger partial charge in [-0.2, -0.15) is 0 Å². The Labute approximate surface area is 182 Å². The minimum Gasteiger partial charge on any atom is -0.322 e. The average Bonchev–Trinajstić information content (AvgIpc) is 3.10. The minimum absolute atomic E-state index is 0.0694. The second-order valence-electron chi connectivity index (χ2n) is 6.85. The lowest BCUT2D eigenvalue weighted by molar-refractivity contribution is -0.115. The molecule has 1 heterocycles. The van der Waals surface area contributed by atoms with Gasteiger partial charge in [0.25, 0.3) is 5.91 Å². The molecule has 1 aliphatic heterocycles. The molecule has 0 aromatic heterocycles. The first-order valence-corrected chi connectivity index (χ1v) is 11.0. The summed E-state index contributed by atoms with van der Waals surface area (Å²) in [6, 6.07) is 23.0. The summed E-state index contributed by atoms with van der Waals surface area (Å²) in [6.45, 7) is 2.03. The molecule has 1 N–H and O–H groups in total. The summed E-state index contributed by atoms with van der Waals surface area (Å²) in [7, 11) is 0. The quantitative estimate of drug-likeness (QED) is 0.529. The van der Waals surface area contributed by atoms with Gasteiger partial charge in [0.1, 0.15) is 5.37 Å². The zero-order valence-electron chi connectivity index (χ0n) is 15.8. The number of thioether (sulfide) groups is 1. The normalized spacial score (nSPS) is 16.1. The fourth-order valence-corrected chi connectivity index (χ4v) is 4.80. The van der Waals surface area contributed by atoms with Gasteiger partial charge in [0.2, 0.25) is 5.91 Å². The number of nitrogens with zero attached hydrogens (tertiary/aromatic N) is 1. The van der Waals surface area contributed by atoms with Crippen molar-refractivity contribution in [2.75, 3.05) is 16.0 Å². The number of rotatable bonds is 4. The van der Waals surface area contributed by atoms with E-state index in [1.807, 2.05) is 72.5 Å². The third kappa shape index (κ3) is 4.38. The summed E-state index contributed by atoms with van der Waals surface area (Å²) in [6.07, 6.45) is 0. The molecule has 0 aliphatic carbocycles. The van der Waals surface area contributed by atoms with Crippen LogP contribution in [0, 0.1) is 6.92 Å². The molecule has 1 atom stereocenters. The molecule has 1 fully saturated rings. The van der Waals surface area contributed by atoms with Gasteiger partial charge in [0, 0.05) is 21.4 Å². The van der Waals surface area contributed by atoms with Crippen LogP contribution in [-0.4, -0.2) is 17.6 Å². The number of hydrogen-bond donors (Lipinski definition) is 1. The lowest BCUT2D eigenvalue weighted by Gasteiger charge is -2.24. The van der Waals surface area contributed by atoms with E-state index in [9.17, 15) is 9.59 Å². The van der Waals surface area contributed by atoms with Crippen molar-refractivity contribution in [1.29, 1.82) is 0 Å². The lowest BCUT2D eigenvalue weighted by atomic mass is 10.1. The van der Waals surface area contributed by atoms with Crippen molar-refractivity contribution in [3.05, 3.63) is 94.0 Å². The second-order valence-corrected chi connectivity index (χ2v) is 8.83. The predicted molar refractivity (Wildman–Crippen MR) is 122 cm³/mol. The molecule has 4 nitrogen and oxygen atoms in total. The van der Waals surface area contributed by atoms with Crippen molar-refractivity contribution in [2.45, 2.75) is 12.3 Å². The zero-order valence-corrected chi connectivity index (χ0v) is 18.2. The fraction of sp³-hybridized carbons (Fsp3) is 0.130. The van der Waals surface area contributed by atoms with E-state index in [-0.39, 0.29) is 17.2 Å². The maximum atomic E-state index is 12.5. The molecule has 29 heavy (non-hydrogen) atoms. The highest BCUT2D eigenvalue weighted by Gasteiger charge is 2.33. The number of carbonyl (C=O) groups excluding carboxylic acids is 2. The van der Waals surface area contributed by atoms with Crippen molar-refractivity contribution in [1.82, 2.24) is 0 Å². The van der Waals surface area contributed by atoms with Crippen molar-refractivity contribution in [3.8, 4) is 0 Å². The number of aryl methyl sites for hydroxylation is 1. The molecule has 0 bridgehead atoms. The first-order chi connectivity index (χ1) is 14.0. The molecule has 1 saturated heterocycles. The van der Waals surface area contributed by atoms with E-state index in [0.29, 0.717) is 11.3 Å². The van der Waals surface area contributed by atoms with Crippen molar-refractivity contribution >= 4 is 50.9 Å². The van der Waals surface area contributed by atoms with Crippen LogP contribution in [0.15, 0.2) is 77.3 Å². The molecule has 0 spiro atoms. The first-order valence-electron chi connectivity index (χ1n) is 9.18. The van der Waals surface area contributed by atoms with Crippen molar-refractivity contribution < 1.29 is 9.59 Å². The number of anilines is 2. The van der Waals surface area contributed by atoms with Crippen LogP contribution in [0.5, 0.6) is 0 Å². The molecule has 4 rings (SSSR count). The van der Waals surface area contributed by atoms with Gasteiger partial charge in [0.05, 0.1) is 5.75 Å². The molecule has 1 aliphatic rings. The Morgan fingerprint density at radius 2 is 1.79 bits per heavy atom. The molecule has 3 aromatic rings. The van der Waals surface area contributed by atoms with Crippen molar-refractivity contribution in [2.24, 2.45) is 0 Å². The molecular formula is C23H19BrN2O2S. The number of nitrogens with one attached hydrogen (secondary N) is 1. The summed E-state index contributed by atoms with van der Waals surface area (Å²) in [5, 5.41) is 2.84. The van der Waals surface area contributed by atoms with Crippen molar-refractivity contribution in [3.63, 3.8) is 0 Å². The number of benzene rings is 3. The third-order valence-corrected chi connectivity index (χ3v) is 6.43. The Morgan fingerprint density at radius 1 is 1.07 bits per heavy atom. The Morgan fingerprint density at radius 3 is 2.48 bits per heavy atom. The van der Waals surface area contributed by atoms with Crippen LogP contribution in [-0.2, 0) is 4.79 Å². The van der Waals surface area contributed by atoms with Gasteiger partial charge in [-0.25, -0.2) is 0 Å². The Kier molecular flexibility index (Phi) is 5.74. The Bertz CT molecular complexity index is 1050. The van der Waals surface area contributed by atoms with E-state index in [1.165, 1.54) is 0 Å². The summed E-state index contributed by atoms with van der Waals surface area (Å²) in [5.74, 6) is 0.404. The Balaban J connectivity index is 1.51. The lowest BCUT2D eigenvalue weighted by Crippen LogP contribution is -2.27. The summed E-state index contributed by atoms with van der Waals surface area (Å²) < 4.78 is 0.861. The molecule has 2 amide bonds. The van der Waals surface area contributed by atoms with E-state index in [2.05, 4.69) is 21.2 Å². The smallest absolute Gasteiger partial charge is 0.255 e. The summed E-state index contributed by atoms with van der Waals surface area (Å²) in [4.78, 5) is 26.8. The van der Waals surface area contributed by atoms with Crippen LogP contribution < -0.4 is 10.2 Å². The van der Waals surface area contributed by atoms with Crippen LogP contribution in [0.3, 0.4) is 0 Å². The zero-order chi connectivity index (χ0) is 20.4. The molecular weight excluding hydrogens is 448 g/mol. The standard InChI is InChI=1S/C23H19BrN2O2S/c1-15-5-11-20(12-6-15)26-21(27)14-29-23(26)16-7-9-19(10-8-16)25-22(28)17-3-2-4-18(24)13-17/h2-13,23H,14H2,1H3,(H,25,28). The topological polar surface area (TPSA) is 49.4 Å². The van der Waals surface area contributed by atoms with E-state index in [0.717, 1.165) is 27.0 Å². The van der Waals surface area contributed by atoms with Gasteiger partial charge in [-0.05, 0) is 55.0 Å². The number of halogens is 1. The van der Waals surface area contributed by atoms with E-state index < -0.39 is 0 Å². The summed E-state index contributed by atoms with van der Waals surface area (Å²) >= 11 is 4.99. The fourth-order valence-electron chi connectivity index (χ4n) is 3.22. The number of hydrogen-bond acceptors (Lipinski definition) is 3. The van der Waals surface area contributed by atoms with Gasteiger partial charge in [0.15, 0.2) is 0 Å². The summed E-state index contributed by atoms with van der Waals surface area (Å²) in [5.41, 5.74) is 4.40. The predicted octanol–water partition coefficient (Wildman–Crippen LogP) is 5.79. The van der Waals surface area contributed by atoms with Gasteiger partial charge in [-0.1, -0.05) is 51.8 Å². The molecule has 6 heteroatoms. The molecule has 0 radical (unpaired) electrons. The maximum absolute atomic E-state index is 12.5. The maximum Gasteiger partial charge on any atom is 0.255 e. The molecule has 0 saturated carbocycles. The van der Waals surface area contributed by atoms with Crippen LogP contribution in [0.25, 0.3) is 0 Å². The van der Waals surface area contributed by atoms with Gasteiger partial charge in [-0.3, -0.25) is 14.5 Å². The van der Waals surface area contributed by atoms with E-state index in [1.54, 1.807) is 23.9 Å². The number of carbonyl (C=O) groups is 2. The van der Waals surface area contributed by atoms with Crippen LogP contribution >= 0.6 is 27.7 Å². The monoisotopic (exact) mass is 466 g/mol. The highest BCUT2D eigenvalue weighted by atomic mass is 79.9. The van der Waals surface area contributed by atoms with Gasteiger partial charge >= 0.3 is 0 Å². The first kappa shape index (κ1) is 19.7. The highest BCUT2D eigenvalue weighted by molar-refractivity contribution is 9.10. The largest absolute Gasteiger partial charge is 0.322 e. The van der Waals surface area contributed by atoms with Crippen LogP contribution in [0.4, 0.5) is 11.4 Å². The number of amides is 2. The van der Waals surface area contributed by atoms with E-state index in [4.69, 9.17) is 0 Å². The minimum atomic E-state index is -0.161. The van der Waals surface area contributed by atoms with Gasteiger partial charge < -0.3 is 5.32 Å². The van der Waals surface area contributed by atoms with Crippen LogP contribution in [0.1, 0.15) is 26.9 Å². The second kappa shape index (κ2) is 8.43. The average molecular weight is 467 g/mol. The molecule has 3 aromatic carbocycles. The van der Waals surface area contributed by atoms with Crippen LogP contribution in [0.2, 0.25) is 0 Å². The molecule has 1 unspecified atom stereocenters. The van der Waals surface area contributed by atoms with E-state index >= 15 is 0 Å². The highest BCUT2D eigenvalue weighted by Crippen LogP contribution is 2.41. The molecule has 146 valence electrons.